The molecule has 3 atom stereocenters. The number of carbonyl (C=O) groups excluding carboxylic acids is 1. The van der Waals surface area contributed by atoms with Gasteiger partial charge in [-0.25, -0.2) is 0 Å². The second-order valence-corrected chi connectivity index (χ2v) is 5.73. The van der Waals surface area contributed by atoms with Crippen LogP contribution in [0.15, 0.2) is 30.3 Å². The summed E-state index contributed by atoms with van der Waals surface area (Å²) < 4.78 is 0. The Morgan fingerprint density at radius 2 is 2.10 bits per heavy atom. The maximum Gasteiger partial charge on any atom is 0.227 e. The van der Waals surface area contributed by atoms with Gasteiger partial charge in [-0.1, -0.05) is 43.7 Å². The van der Waals surface area contributed by atoms with Gasteiger partial charge >= 0.3 is 0 Å². The van der Waals surface area contributed by atoms with Crippen LogP contribution in [-0.2, 0) is 4.79 Å². The lowest BCUT2D eigenvalue weighted by Crippen LogP contribution is -2.51. The zero-order valence-electron chi connectivity index (χ0n) is 12.6. The van der Waals surface area contributed by atoms with E-state index in [0.717, 1.165) is 24.9 Å². The Hall–Kier alpha value is -1.35. The van der Waals surface area contributed by atoms with Crippen molar-refractivity contribution < 1.29 is 4.79 Å². The van der Waals surface area contributed by atoms with Gasteiger partial charge in [0.2, 0.25) is 5.91 Å². The molecule has 20 heavy (non-hydrogen) atoms. The molecule has 0 radical (unpaired) electrons. The van der Waals surface area contributed by atoms with E-state index in [1.165, 1.54) is 12.8 Å². The van der Waals surface area contributed by atoms with Crippen molar-refractivity contribution in [1.29, 1.82) is 0 Å². The van der Waals surface area contributed by atoms with Crippen molar-refractivity contribution in [3.8, 4) is 0 Å². The average molecular weight is 274 g/mol. The Bertz CT molecular complexity index is 412. The lowest BCUT2D eigenvalue weighted by atomic mass is 9.94. The lowest BCUT2D eigenvalue weighted by molar-refractivity contribution is -0.123. The molecular weight excluding hydrogens is 248 g/mol. The van der Waals surface area contributed by atoms with Crippen LogP contribution in [0, 0.1) is 0 Å². The minimum absolute atomic E-state index is 0.0396. The highest BCUT2D eigenvalue weighted by atomic mass is 16.1. The standard InChI is InChI=1S/C17H26N2O/c1-3-15(14-9-5-4-6-10-14)17(20)19-13(2)16-11-7-8-12-18-16/h4-6,9-10,13,15-16,18H,3,7-8,11-12H2,1-2H3,(H,19,20). The van der Waals surface area contributed by atoms with Gasteiger partial charge in [0.05, 0.1) is 5.92 Å². The summed E-state index contributed by atoms with van der Waals surface area (Å²) in [6, 6.07) is 10.7. The van der Waals surface area contributed by atoms with Crippen molar-refractivity contribution in [1.82, 2.24) is 10.6 Å². The summed E-state index contributed by atoms with van der Waals surface area (Å²) in [6.07, 6.45) is 4.50. The van der Waals surface area contributed by atoms with Gasteiger partial charge in [-0.3, -0.25) is 4.79 Å². The number of nitrogens with one attached hydrogen (secondary N) is 2. The van der Waals surface area contributed by atoms with E-state index in [4.69, 9.17) is 0 Å². The van der Waals surface area contributed by atoms with Gasteiger partial charge < -0.3 is 10.6 Å². The number of rotatable bonds is 5. The van der Waals surface area contributed by atoms with Crippen molar-refractivity contribution in [3.05, 3.63) is 35.9 Å². The SMILES string of the molecule is CCC(C(=O)NC(C)C1CCCCN1)c1ccccc1. The Morgan fingerprint density at radius 1 is 1.35 bits per heavy atom. The van der Waals surface area contributed by atoms with Gasteiger partial charge in [0, 0.05) is 12.1 Å². The fourth-order valence-corrected chi connectivity index (χ4v) is 2.99. The van der Waals surface area contributed by atoms with E-state index < -0.39 is 0 Å². The summed E-state index contributed by atoms with van der Waals surface area (Å²) in [5.41, 5.74) is 1.11. The molecule has 0 spiro atoms. The third kappa shape index (κ3) is 3.83. The maximum absolute atomic E-state index is 12.5. The van der Waals surface area contributed by atoms with E-state index in [1.807, 2.05) is 30.3 Å². The monoisotopic (exact) mass is 274 g/mol. The zero-order chi connectivity index (χ0) is 14.4. The highest BCUT2D eigenvalue weighted by Crippen LogP contribution is 2.20. The molecule has 1 aromatic carbocycles. The molecule has 1 heterocycles. The Kier molecular flexibility index (Phi) is 5.60. The first kappa shape index (κ1) is 15.0. The van der Waals surface area contributed by atoms with E-state index in [2.05, 4.69) is 24.5 Å². The van der Waals surface area contributed by atoms with E-state index in [9.17, 15) is 4.79 Å². The van der Waals surface area contributed by atoms with Crippen LogP contribution in [0.3, 0.4) is 0 Å². The van der Waals surface area contributed by atoms with Crippen LogP contribution in [0.1, 0.15) is 51.0 Å². The third-order valence-electron chi connectivity index (χ3n) is 4.25. The van der Waals surface area contributed by atoms with Gasteiger partial charge in [0.1, 0.15) is 0 Å². The van der Waals surface area contributed by atoms with Crippen molar-refractivity contribution in [3.63, 3.8) is 0 Å². The number of carbonyl (C=O) groups is 1. The predicted molar refractivity (Wildman–Crippen MR) is 82.7 cm³/mol. The summed E-state index contributed by atoms with van der Waals surface area (Å²) in [7, 11) is 0. The van der Waals surface area contributed by atoms with Gasteiger partial charge in [0.15, 0.2) is 0 Å². The number of hydrogen-bond donors (Lipinski definition) is 2. The molecule has 3 heteroatoms. The molecule has 0 saturated carbocycles. The van der Waals surface area contributed by atoms with Crippen LogP contribution in [0.5, 0.6) is 0 Å². The first-order valence-corrected chi connectivity index (χ1v) is 7.81. The van der Waals surface area contributed by atoms with Crippen molar-refractivity contribution in [2.75, 3.05) is 6.54 Å². The Balaban J connectivity index is 1.95. The van der Waals surface area contributed by atoms with Gasteiger partial charge in [-0.15, -0.1) is 0 Å². The van der Waals surface area contributed by atoms with Crippen molar-refractivity contribution in [2.45, 2.75) is 57.5 Å². The summed E-state index contributed by atoms with van der Waals surface area (Å²) in [5, 5.41) is 6.70. The summed E-state index contributed by atoms with van der Waals surface area (Å²) in [6.45, 7) is 5.25. The molecule has 2 rings (SSSR count). The van der Waals surface area contributed by atoms with Gasteiger partial charge in [0.25, 0.3) is 0 Å². The average Bonchev–Trinajstić information content (AvgIpc) is 2.50. The molecule has 1 aliphatic rings. The summed E-state index contributed by atoms with van der Waals surface area (Å²) in [4.78, 5) is 12.5. The first-order valence-electron chi connectivity index (χ1n) is 7.81. The Labute approximate surface area is 122 Å². The van der Waals surface area contributed by atoms with E-state index in [0.29, 0.717) is 6.04 Å². The zero-order valence-corrected chi connectivity index (χ0v) is 12.6. The van der Waals surface area contributed by atoms with Crippen molar-refractivity contribution >= 4 is 5.91 Å². The van der Waals surface area contributed by atoms with E-state index >= 15 is 0 Å². The Morgan fingerprint density at radius 3 is 2.70 bits per heavy atom. The second kappa shape index (κ2) is 7.44. The largest absolute Gasteiger partial charge is 0.352 e. The molecule has 1 fully saturated rings. The first-order chi connectivity index (χ1) is 9.72. The number of piperidine rings is 1. The van der Waals surface area contributed by atoms with Crippen LogP contribution in [0.25, 0.3) is 0 Å². The summed E-state index contributed by atoms with van der Waals surface area (Å²) in [5.74, 6) is 0.112. The third-order valence-corrected chi connectivity index (χ3v) is 4.25. The molecule has 1 aliphatic heterocycles. The fourth-order valence-electron chi connectivity index (χ4n) is 2.99. The molecule has 1 saturated heterocycles. The normalized spacial score (nSPS) is 22.0. The van der Waals surface area contributed by atoms with Crippen LogP contribution < -0.4 is 10.6 Å². The molecule has 0 aromatic heterocycles. The quantitative estimate of drug-likeness (QED) is 0.867. The summed E-state index contributed by atoms with van der Waals surface area (Å²) >= 11 is 0. The number of hydrogen-bond acceptors (Lipinski definition) is 2. The molecule has 3 unspecified atom stereocenters. The molecule has 0 aliphatic carbocycles. The molecule has 1 aromatic rings. The smallest absolute Gasteiger partial charge is 0.227 e. The molecule has 2 N–H and O–H groups in total. The molecule has 110 valence electrons. The molecule has 3 nitrogen and oxygen atoms in total. The number of amides is 1. The predicted octanol–water partition coefficient (Wildman–Crippen LogP) is 2.83. The number of benzene rings is 1. The van der Waals surface area contributed by atoms with Crippen molar-refractivity contribution in [2.24, 2.45) is 0 Å². The molecule has 1 amide bonds. The van der Waals surface area contributed by atoms with Gasteiger partial charge in [-0.2, -0.15) is 0 Å². The fraction of sp³-hybridized carbons (Fsp3) is 0.588. The van der Waals surface area contributed by atoms with Crippen LogP contribution in [0.2, 0.25) is 0 Å². The van der Waals surface area contributed by atoms with Gasteiger partial charge in [-0.05, 0) is 38.3 Å². The highest BCUT2D eigenvalue weighted by molar-refractivity contribution is 5.83. The minimum Gasteiger partial charge on any atom is -0.352 e. The van der Waals surface area contributed by atoms with Crippen LogP contribution in [0.4, 0.5) is 0 Å². The highest BCUT2D eigenvalue weighted by Gasteiger charge is 2.24. The van der Waals surface area contributed by atoms with E-state index in [1.54, 1.807) is 0 Å². The minimum atomic E-state index is -0.0396. The maximum atomic E-state index is 12.5. The molecule has 0 bridgehead atoms. The van der Waals surface area contributed by atoms with Crippen LogP contribution in [-0.4, -0.2) is 24.5 Å². The van der Waals surface area contributed by atoms with Crippen LogP contribution >= 0.6 is 0 Å². The van der Waals surface area contributed by atoms with E-state index in [-0.39, 0.29) is 17.9 Å². The molecular formula is C17H26N2O. The second-order valence-electron chi connectivity index (χ2n) is 5.73. The topological polar surface area (TPSA) is 41.1 Å². The lowest BCUT2D eigenvalue weighted by Gasteiger charge is -2.30.